The number of hydrogen-bond acceptors (Lipinski definition) is 31. The molecule has 2 aromatic carbocycles. The highest BCUT2D eigenvalue weighted by atomic mass is 19.1. The zero-order valence-corrected chi connectivity index (χ0v) is 85.6. The third-order valence-corrected chi connectivity index (χ3v) is 28.5. The van der Waals surface area contributed by atoms with Crippen LogP contribution in [-0.2, 0) is 153 Å². The third-order valence-electron chi connectivity index (χ3n) is 28.5. The van der Waals surface area contributed by atoms with Crippen molar-refractivity contribution in [3.05, 3.63) is 124 Å². The standard InChI is InChI=1S/C59H80FN7O18.C45H55FN6O11/c1-8-35-37-24-67-42(20-39-38(57(67)81)26-85-58(82)59(39,83)9-2)51(37)64-41-21-40(60)32(7)36(49(35)41)22-61-47(74)27-84-28-63-54(78)30(5)17-43(70)50(29(3)4)65-55(79)33(14-15-46(73)62-23-44(71)52(76)53(77)45(72)25-68)19-34(69)13-11-10-12-16-66-48(75)18-31(6)56(66)80;1-7-45(61)31-16-34-40-27(19-52(34)43(59)30(31)20-63-44(45)60)15-28-29(26(6)32(46)17-33(28)49-40)18-47-37(55)21-62-22-48-41(57)24(4)13-35(53)39(23(2)3)50-36(54)11-9-8-10-12-51-38(56)14-25(5)42(51)58/h20-21,29-31,33,44-45,50,52-53,68,71-72,76-77,83H,8-19,22-28H2,1-7H3,(H,61,74)(H,62,73)(H,63,78)(H,65,79);15-17,23-25,39,61H,7-14,18-22H2,1-6H3,(H,47,55)(H,48,57)(H,50,54)/t30-,31?,33-,44+,45-,50+,52-,53-,59+;24-,25?,39+,45+/m11/s1. The van der Waals surface area contributed by atoms with E-state index < -0.39 is 180 Å². The lowest BCUT2D eigenvalue weighted by atomic mass is 9.86. The second-order valence-corrected chi connectivity index (χ2v) is 39.8. The molecule has 2 saturated heterocycles. The van der Waals surface area contributed by atoms with Crippen LogP contribution in [0.3, 0.4) is 0 Å². The molecule has 0 spiro atoms. The van der Waals surface area contributed by atoms with Gasteiger partial charge in [-0.15, -0.1) is 0 Å². The first-order valence-electron chi connectivity index (χ1n) is 50.3. The second-order valence-electron chi connectivity index (χ2n) is 39.8. The number of aromatic nitrogens is 4. The molecule has 804 valence electrons. The maximum atomic E-state index is 15.7. The number of aliphatic hydroxyl groups excluding tert-OH is 5. The van der Waals surface area contributed by atoms with Gasteiger partial charge >= 0.3 is 11.9 Å². The number of nitrogens with one attached hydrogen (secondary N) is 7. The molecule has 10 heterocycles. The van der Waals surface area contributed by atoms with Gasteiger partial charge in [0, 0.05) is 159 Å². The number of aryl methyl sites for hydroxylation is 1. The molecule has 6 aromatic rings. The van der Waals surface area contributed by atoms with Crippen molar-refractivity contribution in [1.29, 1.82) is 0 Å². The Hall–Kier alpha value is -12.8. The minimum absolute atomic E-state index is 0.00976. The fraction of sp³-hybridized carbons (Fsp3) is 0.577. The number of imide groups is 2. The van der Waals surface area contributed by atoms with Crippen molar-refractivity contribution in [3.63, 3.8) is 0 Å². The van der Waals surface area contributed by atoms with Gasteiger partial charge in [0.1, 0.15) is 75.6 Å². The minimum Gasteiger partial charge on any atom is -0.458 e. The number of ketones is 3. The highest BCUT2D eigenvalue weighted by molar-refractivity contribution is 6.04. The maximum Gasteiger partial charge on any atom is 0.343 e. The molecule has 2 fully saturated rings. The summed E-state index contributed by atoms with van der Waals surface area (Å²) in [5.74, 6) is -13.2. The predicted molar refractivity (Wildman–Crippen MR) is 525 cm³/mol. The van der Waals surface area contributed by atoms with Gasteiger partial charge in [0.2, 0.25) is 65.0 Å². The Morgan fingerprint density at radius 2 is 0.993 bits per heavy atom. The first kappa shape index (κ1) is 115. The number of cyclic esters (lactones) is 2. The Kier molecular flexibility index (Phi) is 39.4. The number of carbonyl (C=O) groups is 16. The largest absolute Gasteiger partial charge is 0.458 e. The number of esters is 2. The summed E-state index contributed by atoms with van der Waals surface area (Å²) in [5, 5.41) is 91.0. The fourth-order valence-electron chi connectivity index (χ4n) is 19.4. The van der Waals surface area contributed by atoms with Gasteiger partial charge in [-0.05, 0) is 123 Å². The maximum absolute atomic E-state index is 15.7. The van der Waals surface area contributed by atoms with Crippen molar-refractivity contribution in [2.24, 2.45) is 41.4 Å². The second kappa shape index (κ2) is 50.5. The minimum atomic E-state index is -2.04. The lowest BCUT2D eigenvalue weighted by Gasteiger charge is -2.31. The summed E-state index contributed by atoms with van der Waals surface area (Å²) in [6.45, 7) is 18.3. The van der Waals surface area contributed by atoms with Crippen LogP contribution in [0.1, 0.15) is 247 Å². The van der Waals surface area contributed by atoms with Gasteiger partial charge in [0.15, 0.2) is 22.8 Å². The normalized spacial score (nSPS) is 18.8. The number of pyridine rings is 4. The highest BCUT2D eigenvalue weighted by Gasteiger charge is 2.49. The molecule has 0 radical (unpaired) electrons. The van der Waals surface area contributed by atoms with E-state index in [2.05, 4.69) is 37.2 Å². The average molecular weight is 2070 g/mol. The number of aliphatic hydroxyl groups is 7. The Bertz CT molecular complexity index is 6280. The molecular formula is C104H135F2N13O29. The van der Waals surface area contributed by atoms with E-state index in [1.165, 1.54) is 38.0 Å². The van der Waals surface area contributed by atoms with Gasteiger partial charge in [-0.1, -0.05) is 89.0 Å². The zero-order chi connectivity index (χ0) is 109. The predicted octanol–water partition coefficient (Wildman–Crippen LogP) is 3.32. The molecule has 42 nitrogen and oxygen atoms in total. The topological polar surface area (TPSA) is 612 Å². The molecule has 11 amide bonds. The number of rotatable bonds is 51. The molecule has 6 aliphatic heterocycles. The number of unbranched alkanes of at least 4 members (excludes halogenated alkanes) is 4. The molecule has 2 unspecified atom stereocenters. The Balaban J connectivity index is 0.000000293. The van der Waals surface area contributed by atoms with Crippen LogP contribution in [0.5, 0.6) is 0 Å². The van der Waals surface area contributed by atoms with Crippen molar-refractivity contribution in [2.75, 3.05) is 52.9 Å². The average Bonchev–Trinajstić information content (AvgIpc) is 1.55. The lowest BCUT2D eigenvalue weighted by Crippen LogP contribution is -2.49. The number of halogens is 2. The van der Waals surface area contributed by atoms with Gasteiger partial charge in [0.05, 0.1) is 82.8 Å². The number of likely N-dealkylation sites (tertiary alicyclic amines) is 2. The van der Waals surface area contributed by atoms with Crippen molar-refractivity contribution >= 4 is 116 Å². The third kappa shape index (κ3) is 26.3. The molecule has 0 bridgehead atoms. The van der Waals surface area contributed by atoms with E-state index in [0.29, 0.717) is 107 Å². The number of nitrogens with zero attached hydrogens (tertiary/aromatic N) is 6. The number of hydrogen-bond donors (Lipinski definition) is 14. The van der Waals surface area contributed by atoms with Gasteiger partial charge in [0.25, 0.3) is 11.1 Å². The van der Waals surface area contributed by atoms with Gasteiger partial charge in [-0.2, -0.15) is 0 Å². The van der Waals surface area contributed by atoms with Crippen molar-refractivity contribution < 1.29 is 140 Å². The van der Waals surface area contributed by atoms with Gasteiger partial charge in [-0.3, -0.25) is 86.5 Å². The summed E-state index contributed by atoms with van der Waals surface area (Å²) in [4.78, 5) is 245. The van der Waals surface area contributed by atoms with E-state index in [1.54, 1.807) is 94.4 Å². The molecule has 14 N–H and O–H groups in total. The van der Waals surface area contributed by atoms with E-state index >= 15 is 8.78 Å². The molecule has 13 atom stereocenters. The van der Waals surface area contributed by atoms with Crippen LogP contribution in [0, 0.1) is 66.9 Å². The summed E-state index contributed by atoms with van der Waals surface area (Å²) in [5.41, 5.74) is 1.33. The summed E-state index contributed by atoms with van der Waals surface area (Å²) >= 11 is 0. The van der Waals surface area contributed by atoms with Crippen LogP contribution in [-0.4, -0.2) is 248 Å². The Labute approximate surface area is 852 Å². The number of Topliss-reactive ketones (excluding diaryl/α,β-unsaturated/α-hetero) is 3. The lowest BCUT2D eigenvalue weighted by molar-refractivity contribution is -0.172. The monoisotopic (exact) mass is 2070 g/mol. The first-order valence-corrected chi connectivity index (χ1v) is 50.3. The summed E-state index contributed by atoms with van der Waals surface area (Å²) in [7, 11) is 0. The van der Waals surface area contributed by atoms with E-state index in [9.17, 15) is 117 Å². The number of carbonyl (C=O) groups excluding carboxylic acids is 16. The summed E-state index contributed by atoms with van der Waals surface area (Å²) in [6, 6.07) is 5.53. The quantitative estimate of drug-likeness (QED) is 0.0112. The van der Waals surface area contributed by atoms with Crippen LogP contribution in [0.2, 0.25) is 0 Å². The van der Waals surface area contributed by atoms with Gasteiger partial charge in [-0.25, -0.2) is 28.3 Å². The molecule has 0 saturated carbocycles. The van der Waals surface area contributed by atoms with Crippen LogP contribution in [0.4, 0.5) is 8.78 Å². The van der Waals surface area contributed by atoms with Crippen LogP contribution >= 0.6 is 0 Å². The van der Waals surface area contributed by atoms with Crippen LogP contribution in [0.15, 0.2) is 39.9 Å². The molecular weight excluding hydrogens is 1930 g/mol. The van der Waals surface area contributed by atoms with Crippen molar-refractivity contribution in [3.8, 4) is 22.8 Å². The molecule has 12 rings (SSSR count). The molecule has 6 aliphatic rings. The van der Waals surface area contributed by atoms with Crippen molar-refractivity contribution in [1.82, 2.24) is 66.1 Å². The summed E-state index contributed by atoms with van der Waals surface area (Å²) in [6.07, 6.45) is -4.82. The van der Waals surface area contributed by atoms with Gasteiger partial charge < -0.3 is 101 Å². The Morgan fingerprint density at radius 3 is 1.49 bits per heavy atom. The van der Waals surface area contributed by atoms with E-state index in [0.717, 1.165) is 5.56 Å². The van der Waals surface area contributed by atoms with Crippen molar-refractivity contribution in [2.45, 2.75) is 293 Å². The number of fused-ring (bicyclic) bond motifs is 10. The molecule has 148 heavy (non-hydrogen) atoms. The van der Waals surface area contributed by atoms with Crippen LogP contribution in [0.25, 0.3) is 44.6 Å². The van der Waals surface area contributed by atoms with E-state index in [-0.39, 0.29) is 227 Å². The molecule has 4 aromatic heterocycles. The fourth-order valence-corrected chi connectivity index (χ4v) is 19.4. The van der Waals surface area contributed by atoms with E-state index in [4.69, 9.17) is 34.0 Å². The molecule has 0 aliphatic carbocycles. The zero-order valence-electron chi connectivity index (χ0n) is 85.6. The first-order chi connectivity index (χ1) is 70.0. The number of benzene rings is 2. The highest BCUT2D eigenvalue weighted by Crippen LogP contribution is 2.44. The van der Waals surface area contributed by atoms with E-state index in [1.807, 2.05) is 6.92 Å². The Morgan fingerprint density at radius 1 is 0.520 bits per heavy atom. The number of ether oxygens (including phenoxy) is 4. The summed E-state index contributed by atoms with van der Waals surface area (Å²) < 4.78 is 55.1. The number of amides is 11. The van der Waals surface area contributed by atoms with Crippen LogP contribution < -0.4 is 48.3 Å². The molecule has 44 heteroatoms. The smallest absolute Gasteiger partial charge is 0.343 e. The SMILES string of the molecule is CC[C@@]1(O)C(=O)OCc2c1cc1n(c2=O)Cc2cc3c(CNC(=O)COCNC(=O)[C@H](C)CC(=O)[C@@H](NC(=O)CCCCCN4C(=O)CC(C)C4=O)C(C)C)c(C)c(F)cc3nc2-1.CCc1c2c(nc3cc(F)c(C)c(CNC(=O)COCNC(=O)[C@H](C)CC(=O)[C@@H](NC(=O)[C@H](CCC(=O)NC[C@H](O)[C@@H](O)[C@H](O)[C@H](O)CO)CC(=O)CCCCCN4C(=O)CC(C)C4=O)C(C)C)c13)-c1cc3c(c(=O)n1C2)COC(=O)[C@]3(O)CC.